The molecule has 4 nitrogen and oxygen atoms in total. The lowest BCUT2D eigenvalue weighted by atomic mass is 10.2. The Morgan fingerprint density at radius 3 is 2.69 bits per heavy atom. The quantitative estimate of drug-likeness (QED) is 0.796. The highest BCUT2D eigenvalue weighted by atomic mass is 16.5. The first-order valence-electron chi connectivity index (χ1n) is 5.43. The fraction of sp³-hybridized carbons (Fsp3) is 0.417. The Hall–Kier alpha value is -1.55. The number of nitrogens with one attached hydrogen (secondary N) is 1. The van der Waals surface area contributed by atoms with Gasteiger partial charge in [-0.15, -0.1) is 0 Å². The molecule has 0 saturated carbocycles. The molecule has 4 heteroatoms. The molecule has 3 N–H and O–H groups in total. The topological polar surface area (TPSA) is 64.3 Å². The van der Waals surface area contributed by atoms with Crippen LogP contribution in [0.25, 0.3) is 0 Å². The van der Waals surface area contributed by atoms with Gasteiger partial charge in [0.15, 0.2) is 0 Å². The molecule has 0 fully saturated rings. The first-order valence-corrected chi connectivity index (χ1v) is 5.43. The normalized spacial score (nSPS) is 11.9. The van der Waals surface area contributed by atoms with E-state index in [9.17, 15) is 4.79 Å². The van der Waals surface area contributed by atoms with Gasteiger partial charge in [0.2, 0.25) is 0 Å². The second-order valence-electron chi connectivity index (χ2n) is 3.55. The Kier molecular flexibility index (Phi) is 5.36. The molecule has 0 heterocycles. The Morgan fingerprint density at radius 2 is 2.12 bits per heavy atom. The molecule has 0 spiro atoms. The number of nitrogens with two attached hydrogens (primary N) is 1. The number of hydrogen-bond acceptors (Lipinski definition) is 3. The van der Waals surface area contributed by atoms with Crippen LogP contribution in [0.4, 0.5) is 4.79 Å². The molecular weight excluding hydrogens is 204 g/mol. The zero-order valence-electron chi connectivity index (χ0n) is 9.48. The second kappa shape index (κ2) is 6.85. The van der Waals surface area contributed by atoms with Gasteiger partial charge in [-0.25, -0.2) is 4.79 Å². The third kappa shape index (κ3) is 4.31. The predicted octanol–water partition coefficient (Wildman–Crippen LogP) is 1.65. The van der Waals surface area contributed by atoms with Crippen molar-refractivity contribution in [1.29, 1.82) is 0 Å². The summed E-state index contributed by atoms with van der Waals surface area (Å²) in [5, 5.41) is 2.70. The van der Waals surface area contributed by atoms with Gasteiger partial charge < -0.3 is 15.8 Å². The van der Waals surface area contributed by atoms with Crippen molar-refractivity contribution in [3.05, 3.63) is 35.9 Å². The van der Waals surface area contributed by atoms with Crippen molar-refractivity contribution in [2.24, 2.45) is 5.73 Å². The molecule has 1 rings (SSSR count). The van der Waals surface area contributed by atoms with Crippen LogP contribution in [0.2, 0.25) is 0 Å². The minimum atomic E-state index is -0.416. The second-order valence-corrected chi connectivity index (χ2v) is 3.55. The highest BCUT2D eigenvalue weighted by Gasteiger charge is 2.08. The fourth-order valence-corrected chi connectivity index (χ4v) is 1.26. The Morgan fingerprint density at radius 1 is 1.44 bits per heavy atom. The highest BCUT2D eigenvalue weighted by molar-refractivity contribution is 5.67. The Labute approximate surface area is 95.8 Å². The minimum Gasteiger partial charge on any atom is -0.445 e. The summed E-state index contributed by atoms with van der Waals surface area (Å²) in [5.41, 5.74) is 6.44. The van der Waals surface area contributed by atoms with E-state index >= 15 is 0 Å². The van der Waals surface area contributed by atoms with Gasteiger partial charge in [0.25, 0.3) is 0 Å². The van der Waals surface area contributed by atoms with Gasteiger partial charge in [-0.3, -0.25) is 0 Å². The van der Waals surface area contributed by atoms with Crippen LogP contribution in [0, 0.1) is 0 Å². The van der Waals surface area contributed by atoms with Crippen LogP contribution in [0.5, 0.6) is 0 Å². The molecule has 0 saturated heterocycles. The summed E-state index contributed by atoms with van der Waals surface area (Å²) in [6, 6.07) is 9.55. The van der Waals surface area contributed by atoms with Crippen LogP contribution in [0.1, 0.15) is 18.9 Å². The number of benzene rings is 1. The van der Waals surface area contributed by atoms with Crippen molar-refractivity contribution < 1.29 is 9.53 Å². The Balaban J connectivity index is 2.30. The zero-order chi connectivity index (χ0) is 11.8. The van der Waals surface area contributed by atoms with E-state index in [1.807, 2.05) is 37.3 Å². The average molecular weight is 222 g/mol. The van der Waals surface area contributed by atoms with Crippen LogP contribution >= 0.6 is 0 Å². The van der Waals surface area contributed by atoms with Crippen LogP contribution in [0.3, 0.4) is 0 Å². The number of alkyl carbamates (subject to hydrolysis) is 1. The maximum atomic E-state index is 11.4. The summed E-state index contributed by atoms with van der Waals surface area (Å²) in [6.45, 7) is 2.68. The standard InChI is InChI=1S/C12H18N2O2/c1-2-11(8-13)14-12(15)16-9-10-6-4-3-5-7-10/h3-7,11H,2,8-9,13H2,1H3,(H,14,15)/t11-/m0/s1. The van der Waals surface area contributed by atoms with Gasteiger partial charge in [-0.1, -0.05) is 37.3 Å². The number of amides is 1. The molecule has 0 radical (unpaired) electrons. The van der Waals surface area contributed by atoms with E-state index in [2.05, 4.69) is 5.32 Å². The largest absolute Gasteiger partial charge is 0.445 e. The van der Waals surface area contributed by atoms with Gasteiger partial charge in [0.05, 0.1) is 0 Å². The molecule has 0 bridgehead atoms. The third-order valence-electron chi connectivity index (χ3n) is 2.31. The average Bonchev–Trinajstić information content (AvgIpc) is 2.34. The van der Waals surface area contributed by atoms with E-state index in [0.29, 0.717) is 6.54 Å². The lowest BCUT2D eigenvalue weighted by Gasteiger charge is -2.14. The first-order chi connectivity index (χ1) is 7.76. The zero-order valence-corrected chi connectivity index (χ0v) is 9.48. The SMILES string of the molecule is CC[C@@H](CN)NC(=O)OCc1ccccc1. The van der Waals surface area contributed by atoms with Crippen molar-refractivity contribution in [2.75, 3.05) is 6.54 Å². The summed E-state index contributed by atoms with van der Waals surface area (Å²) in [4.78, 5) is 11.4. The van der Waals surface area contributed by atoms with Crippen molar-refractivity contribution >= 4 is 6.09 Å². The van der Waals surface area contributed by atoms with Crippen molar-refractivity contribution in [3.8, 4) is 0 Å². The lowest BCUT2D eigenvalue weighted by Crippen LogP contribution is -2.39. The Bertz CT molecular complexity index is 310. The fourth-order valence-electron chi connectivity index (χ4n) is 1.26. The maximum absolute atomic E-state index is 11.4. The molecule has 0 aromatic heterocycles. The minimum absolute atomic E-state index is 0.0109. The summed E-state index contributed by atoms with van der Waals surface area (Å²) in [6.07, 6.45) is 0.387. The summed E-state index contributed by atoms with van der Waals surface area (Å²) < 4.78 is 5.06. The molecular formula is C12H18N2O2. The molecule has 0 aliphatic heterocycles. The molecule has 0 aliphatic carbocycles. The molecule has 88 valence electrons. The predicted molar refractivity (Wildman–Crippen MR) is 62.9 cm³/mol. The number of ether oxygens (including phenoxy) is 1. The molecule has 0 unspecified atom stereocenters. The van der Waals surface area contributed by atoms with Crippen molar-refractivity contribution in [1.82, 2.24) is 5.32 Å². The smallest absolute Gasteiger partial charge is 0.407 e. The van der Waals surface area contributed by atoms with Gasteiger partial charge in [0.1, 0.15) is 6.61 Å². The van der Waals surface area contributed by atoms with E-state index in [-0.39, 0.29) is 12.6 Å². The summed E-state index contributed by atoms with van der Waals surface area (Å²) in [7, 11) is 0. The van der Waals surface area contributed by atoms with Crippen LogP contribution in [0.15, 0.2) is 30.3 Å². The van der Waals surface area contributed by atoms with E-state index in [4.69, 9.17) is 10.5 Å². The van der Waals surface area contributed by atoms with Gasteiger partial charge in [0, 0.05) is 12.6 Å². The summed E-state index contributed by atoms with van der Waals surface area (Å²) >= 11 is 0. The molecule has 1 amide bonds. The molecule has 1 atom stereocenters. The molecule has 1 aromatic carbocycles. The van der Waals surface area contributed by atoms with E-state index in [1.165, 1.54) is 0 Å². The third-order valence-corrected chi connectivity index (χ3v) is 2.31. The highest BCUT2D eigenvalue weighted by Crippen LogP contribution is 2.00. The van der Waals surface area contributed by atoms with Gasteiger partial charge >= 0.3 is 6.09 Å². The number of rotatable bonds is 5. The van der Waals surface area contributed by atoms with Crippen LogP contribution < -0.4 is 11.1 Å². The molecule has 0 aliphatic rings. The van der Waals surface area contributed by atoms with E-state index in [1.54, 1.807) is 0 Å². The van der Waals surface area contributed by atoms with E-state index < -0.39 is 6.09 Å². The van der Waals surface area contributed by atoms with Crippen molar-refractivity contribution in [2.45, 2.75) is 26.0 Å². The van der Waals surface area contributed by atoms with E-state index in [0.717, 1.165) is 12.0 Å². The first kappa shape index (κ1) is 12.5. The number of carbonyl (C=O) groups excluding carboxylic acids is 1. The van der Waals surface area contributed by atoms with Gasteiger partial charge in [-0.2, -0.15) is 0 Å². The van der Waals surface area contributed by atoms with Crippen LogP contribution in [-0.4, -0.2) is 18.7 Å². The number of hydrogen-bond donors (Lipinski definition) is 2. The summed E-state index contributed by atoms with van der Waals surface area (Å²) in [5.74, 6) is 0. The maximum Gasteiger partial charge on any atom is 0.407 e. The van der Waals surface area contributed by atoms with Crippen LogP contribution in [-0.2, 0) is 11.3 Å². The number of carbonyl (C=O) groups is 1. The monoisotopic (exact) mass is 222 g/mol. The van der Waals surface area contributed by atoms with Crippen molar-refractivity contribution in [3.63, 3.8) is 0 Å². The van der Waals surface area contributed by atoms with Gasteiger partial charge in [-0.05, 0) is 12.0 Å². The molecule has 1 aromatic rings. The molecule has 16 heavy (non-hydrogen) atoms. The lowest BCUT2D eigenvalue weighted by molar-refractivity contribution is 0.135.